The van der Waals surface area contributed by atoms with E-state index in [1.165, 1.54) is 18.9 Å². The molecule has 1 aliphatic rings. The van der Waals surface area contributed by atoms with E-state index in [-0.39, 0.29) is 5.56 Å². The third-order valence-electron chi connectivity index (χ3n) is 3.46. The summed E-state index contributed by atoms with van der Waals surface area (Å²) in [7, 11) is 4.11. The van der Waals surface area contributed by atoms with Crippen molar-refractivity contribution < 1.29 is 4.39 Å². The monoisotopic (exact) mass is 247 g/mol. The zero-order chi connectivity index (χ0) is 13.1. The topological polar surface area (TPSA) is 39.1 Å². The van der Waals surface area contributed by atoms with Gasteiger partial charge >= 0.3 is 0 Å². The van der Waals surface area contributed by atoms with Crippen LogP contribution >= 0.6 is 0 Å². The molecule has 0 aliphatic heterocycles. The number of anilines is 1. The van der Waals surface area contributed by atoms with Crippen LogP contribution < -0.4 is 5.32 Å². The minimum atomic E-state index is -0.463. The average Bonchev–Trinajstić information content (AvgIpc) is 3.13. The van der Waals surface area contributed by atoms with Crippen molar-refractivity contribution in [1.82, 2.24) is 4.90 Å². The summed E-state index contributed by atoms with van der Waals surface area (Å²) in [6.45, 7) is 0.746. The zero-order valence-electron chi connectivity index (χ0n) is 10.8. The summed E-state index contributed by atoms with van der Waals surface area (Å²) >= 11 is 0. The lowest BCUT2D eigenvalue weighted by Crippen LogP contribution is -2.36. The largest absolute Gasteiger partial charge is 0.382 e. The number of benzene rings is 1. The molecule has 1 atom stereocenters. The second-order valence-electron chi connectivity index (χ2n) is 5.02. The van der Waals surface area contributed by atoms with Gasteiger partial charge in [0.2, 0.25) is 0 Å². The minimum Gasteiger partial charge on any atom is -0.382 e. The molecule has 1 saturated carbocycles. The quantitative estimate of drug-likeness (QED) is 0.868. The Morgan fingerprint density at radius 2 is 2.22 bits per heavy atom. The standard InChI is InChI=1S/C14H18FN3/c1-18(2)14(10-6-7-10)9-17-13-5-3-4-12(15)11(13)8-16/h3-5,10,14,17H,6-7,9H2,1-2H3. The lowest BCUT2D eigenvalue weighted by molar-refractivity contribution is 0.276. The first-order valence-electron chi connectivity index (χ1n) is 6.22. The maximum atomic E-state index is 13.4. The Bertz CT molecular complexity index is 459. The van der Waals surface area contributed by atoms with E-state index < -0.39 is 5.82 Å². The van der Waals surface area contributed by atoms with Gasteiger partial charge in [-0.15, -0.1) is 0 Å². The molecule has 1 fully saturated rings. The van der Waals surface area contributed by atoms with Crippen LogP contribution in [-0.2, 0) is 0 Å². The van der Waals surface area contributed by atoms with Gasteiger partial charge in [-0.1, -0.05) is 6.07 Å². The van der Waals surface area contributed by atoms with Crippen LogP contribution in [0.4, 0.5) is 10.1 Å². The second-order valence-corrected chi connectivity index (χ2v) is 5.02. The van der Waals surface area contributed by atoms with E-state index in [2.05, 4.69) is 24.3 Å². The third-order valence-corrected chi connectivity index (χ3v) is 3.46. The molecule has 96 valence electrons. The van der Waals surface area contributed by atoms with Crippen molar-refractivity contribution >= 4 is 5.69 Å². The van der Waals surface area contributed by atoms with E-state index in [4.69, 9.17) is 5.26 Å². The first kappa shape index (κ1) is 12.8. The summed E-state index contributed by atoms with van der Waals surface area (Å²) in [5.74, 6) is 0.266. The molecule has 0 aromatic heterocycles. The van der Waals surface area contributed by atoms with Crippen molar-refractivity contribution in [3.8, 4) is 6.07 Å². The Balaban J connectivity index is 2.05. The van der Waals surface area contributed by atoms with E-state index in [0.29, 0.717) is 11.7 Å². The Kier molecular flexibility index (Phi) is 3.83. The van der Waals surface area contributed by atoms with Gasteiger partial charge in [0.15, 0.2) is 0 Å². The zero-order valence-corrected chi connectivity index (χ0v) is 10.8. The summed E-state index contributed by atoms with van der Waals surface area (Å²) in [6, 6.07) is 7.04. The summed E-state index contributed by atoms with van der Waals surface area (Å²) in [4.78, 5) is 2.19. The van der Waals surface area contributed by atoms with E-state index >= 15 is 0 Å². The van der Waals surface area contributed by atoms with Crippen LogP contribution in [0.15, 0.2) is 18.2 Å². The molecule has 1 aromatic carbocycles. The molecular weight excluding hydrogens is 229 g/mol. The molecular formula is C14H18FN3. The van der Waals surface area contributed by atoms with Gasteiger partial charge in [0.05, 0.1) is 5.69 Å². The molecule has 18 heavy (non-hydrogen) atoms. The minimum absolute atomic E-state index is 0.103. The van der Waals surface area contributed by atoms with Crippen molar-refractivity contribution in [3.05, 3.63) is 29.6 Å². The molecule has 1 aliphatic carbocycles. The molecule has 0 amide bonds. The van der Waals surface area contributed by atoms with Crippen molar-refractivity contribution in [2.45, 2.75) is 18.9 Å². The van der Waals surface area contributed by atoms with Gasteiger partial charge in [-0.3, -0.25) is 0 Å². The number of hydrogen-bond donors (Lipinski definition) is 1. The van der Waals surface area contributed by atoms with Crippen molar-refractivity contribution in [3.63, 3.8) is 0 Å². The molecule has 3 nitrogen and oxygen atoms in total. The molecule has 0 radical (unpaired) electrons. The van der Waals surface area contributed by atoms with Gasteiger partial charge in [-0.2, -0.15) is 5.26 Å². The predicted molar refractivity (Wildman–Crippen MR) is 69.8 cm³/mol. The molecule has 0 spiro atoms. The number of halogens is 1. The van der Waals surface area contributed by atoms with Crippen molar-refractivity contribution in [2.24, 2.45) is 5.92 Å². The number of nitrogens with zero attached hydrogens (tertiary/aromatic N) is 2. The smallest absolute Gasteiger partial charge is 0.143 e. The Labute approximate surface area is 107 Å². The van der Waals surface area contributed by atoms with Crippen LogP contribution in [0.3, 0.4) is 0 Å². The number of nitriles is 1. The van der Waals surface area contributed by atoms with E-state index in [0.717, 1.165) is 12.5 Å². The molecule has 4 heteroatoms. The maximum absolute atomic E-state index is 13.4. The highest BCUT2D eigenvalue weighted by molar-refractivity contribution is 5.57. The van der Waals surface area contributed by atoms with Crippen LogP contribution in [-0.4, -0.2) is 31.6 Å². The van der Waals surface area contributed by atoms with E-state index in [1.807, 2.05) is 6.07 Å². The van der Waals surface area contributed by atoms with Gasteiger partial charge in [0, 0.05) is 12.6 Å². The SMILES string of the molecule is CN(C)C(CNc1cccc(F)c1C#N)C1CC1. The predicted octanol–water partition coefficient (Wildman–Crippen LogP) is 2.45. The summed E-state index contributed by atoms with van der Waals surface area (Å²) < 4.78 is 13.4. The Morgan fingerprint density at radius 3 is 2.78 bits per heavy atom. The first-order valence-corrected chi connectivity index (χ1v) is 6.22. The Morgan fingerprint density at radius 1 is 1.50 bits per heavy atom. The molecule has 0 saturated heterocycles. The maximum Gasteiger partial charge on any atom is 0.143 e. The van der Waals surface area contributed by atoms with Crippen molar-refractivity contribution in [1.29, 1.82) is 5.26 Å². The highest BCUT2D eigenvalue weighted by atomic mass is 19.1. The fourth-order valence-electron chi connectivity index (χ4n) is 2.25. The van der Waals surface area contributed by atoms with Crippen LogP contribution in [0.25, 0.3) is 0 Å². The molecule has 1 N–H and O–H groups in total. The fraction of sp³-hybridized carbons (Fsp3) is 0.500. The van der Waals surface area contributed by atoms with Gasteiger partial charge in [0.1, 0.15) is 17.4 Å². The van der Waals surface area contributed by atoms with Gasteiger partial charge in [-0.25, -0.2) is 4.39 Å². The molecule has 1 unspecified atom stereocenters. The summed E-state index contributed by atoms with van der Waals surface area (Å²) in [5.41, 5.74) is 0.691. The molecule has 0 heterocycles. The Hall–Kier alpha value is -1.60. The van der Waals surface area contributed by atoms with Gasteiger partial charge < -0.3 is 10.2 Å². The van der Waals surface area contributed by atoms with Crippen LogP contribution in [0.1, 0.15) is 18.4 Å². The third kappa shape index (κ3) is 2.80. The first-order chi connectivity index (χ1) is 8.63. The molecule has 2 rings (SSSR count). The van der Waals surface area contributed by atoms with Gasteiger partial charge in [0.25, 0.3) is 0 Å². The van der Waals surface area contributed by atoms with E-state index in [1.54, 1.807) is 12.1 Å². The van der Waals surface area contributed by atoms with E-state index in [9.17, 15) is 4.39 Å². The molecule has 0 bridgehead atoms. The highest BCUT2D eigenvalue weighted by Crippen LogP contribution is 2.34. The van der Waals surface area contributed by atoms with Crippen LogP contribution in [0.5, 0.6) is 0 Å². The second kappa shape index (κ2) is 5.36. The normalized spacial score (nSPS) is 16.4. The lowest BCUT2D eigenvalue weighted by atomic mass is 10.1. The number of nitrogens with one attached hydrogen (secondary N) is 1. The molecule has 1 aromatic rings. The fourth-order valence-corrected chi connectivity index (χ4v) is 2.25. The highest BCUT2D eigenvalue weighted by Gasteiger charge is 2.32. The lowest BCUT2D eigenvalue weighted by Gasteiger charge is -2.25. The van der Waals surface area contributed by atoms with Gasteiger partial charge in [-0.05, 0) is 45.0 Å². The number of rotatable bonds is 5. The van der Waals surface area contributed by atoms with Crippen LogP contribution in [0.2, 0.25) is 0 Å². The summed E-state index contributed by atoms with van der Waals surface area (Å²) in [5, 5.41) is 12.2. The number of likely N-dealkylation sites (N-methyl/N-ethyl adjacent to an activating group) is 1. The average molecular weight is 247 g/mol. The number of hydrogen-bond acceptors (Lipinski definition) is 3. The van der Waals surface area contributed by atoms with Crippen LogP contribution in [0, 0.1) is 23.1 Å². The summed E-state index contributed by atoms with van der Waals surface area (Å²) in [6.07, 6.45) is 2.53. The van der Waals surface area contributed by atoms with Crippen molar-refractivity contribution in [2.75, 3.05) is 26.0 Å².